The number of sulfone groups is 1. The Balaban J connectivity index is 2.32. The van der Waals surface area contributed by atoms with Crippen LogP contribution >= 0.6 is 0 Å². The first-order valence-corrected chi connectivity index (χ1v) is 9.17. The number of benzene rings is 1. The second-order valence-electron chi connectivity index (χ2n) is 5.37. The standard InChI is InChI=1S/C15H25NO4S/c1-4-13-6-5-7-15(8-13)20-10-14(17)9-16-12(2)11-21(3,18)19/h5-8,12,14,16-17H,4,9-11H2,1-3H3. The molecular weight excluding hydrogens is 290 g/mol. The molecule has 120 valence electrons. The Morgan fingerprint density at radius 2 is 2.10 bits per heavy atom. The van der Waals surface area contributed by atoms with E-state index in [1.54, 1.807) is 6.92 Å². The van der Waals surface area contributed by atoms with E-state index in [1.165, 1.54) is 11.8 Å². The van der Waals surface area contributed by atoms with Gasteiger partial charge in [0, 0.05) is 18.8 Å². The van der Waals surface area contributed by atoms with Crippen molar-refractivity contribution in [2.45, 2.75) is 32.4 Å². The molecule has 0 saturated carbocycles. The number of aliphatic hydroxyl groups is 1. The predicted octanol–water partition coefficient (Wildman–Crippen LogP) is 1.01. The molecule has 21 heavy (non-hydrogen) atoms. The van der Waals surface area contributed by atoms with Gasteiger partial charge in [0.2, 0.25) is 0 Å². The zero-order chi connectivity index (χ0) is 15.9. The Hall–Kier alpha value is -1.11. The van der Waals surface area contributed by atoms with Crippen LogP contribution in [-0.2, 0) is 16.3 Å². The molecule has 1 rings (SSSR count). The molecule has 2 atom stereocenters. The summed E-state index contributed by atoms with van der Waals surface area (Å²) < 4.78 is 27.8. The van der Waals surface area contributed by atoms with Gasteiger partial charge in [-0.25, -0.2) is 8.42 Å². The number of hydrogen-bond donors (Lipinski definition) is 2. The molecule has 1 aromatic carbocycles. The fraction of sp³-hybridized carbons (Fsp3) is 0.600. The second kappa shape index (κ2) is 8.36. The quantitative estimate of drug-likeness (QED) is 0.711. The van der Waals surface area contributed by atoms with Crippen molar-refractivity contribution in [3.8, 4) is 5.75 Å². The van der Waals surface area contributed by atoms with Gasteiger partial charge in [0.05, 0.1) is 5.75 Å². The van der Waals surface area contributed by atoms with Crippen molar-refractivity contribution in [3.63, 3.8) is 0 Å². The molecule has 6 heteroatoms. The van der Waals surface area contributed by atoms with Crippen LogP contribution in [0.3, 0.4) is 0 Å². The van der Waals surface area contributed by atoms with Crippen LogP contribution in [0.5, 0.6) is 5.75 Å². The number of aliphatic hydroxyl groups excluding tert-OH is 1. The normalized spacial score (nSPS) is 14.7. The van der Waals surface area contributed by atoms with Gasteiger partial charge in [-0.2, -0.15) is 0 Å². The van der Waals surface area contributed by atoms with Crippen LogP contribution in [0.1, 0.15) is 19.4 Å². The van der Waals surface area contributed by atoms with Crippen LogP contribution in [0.15, 0.2) is 24.3 Å². The Morgan fingerprint density at radius 1 is 1.38 bits per heavy atom. The van der Waals surface area contributed by atoms with Crippen molar-refractivity contribution >= 4 is 9.84 Å². The minimum atomic E-state index is -3.01. The third kappa shape index (κ3) is 8.04. The fourth-order valence-corrected chi connectivity index (χ4v) is 2.98. The van der Waals surface area contributed by atoms with Crippen molar-refractivity contribution in [1.82, 2.24) is 5.32 Å². The average molecular weight is 315 g/mol. The van der Waals surface area contributed by atoms with Gasteiger partial charge in [0.1, 0.15) is 28.3 Å². The summed E-state index contributed by atoms with van der Waals surface area (Å²) in [4.78, 5) is 0. The molecule has 5 nitrogen and oxygen atoms in total. The fourth-order valence-electron chi connectivity index (χ4n) is 1.96. The largest absolute Gasteiger partial charge is 0.491 e. The minimum absolute atomic E-state index is 0.0547. The molecule has 0 bridgehead atoms. The van der Waals surface area contributed by atoms with Crippen molar-refractivity contribution in [3.05, 3.63) is 29.8 Å². The molecule has 0 aromatic heterocycles. The Morgan fingerprint density at radius 3 is 2.71 bits per heavy atom. The first-order valence-electron chi connectivity index (χ1n) is 7.11. The number of nitrogens with one attached hydrogen (secondary N) is 1. The molecule has 0 saturated heterocycles. The highest BCUT2D eigenvalue weighted by atomic mass is 32.2. The molecule has 0 aliphatic heterocycles. The Labute approximate surface area is 127 Å². The topological polar surface area (TPSA) is 75.6 Å². The van der Waals surface area contributed by atoms with Crippen LogP contribution in [-0.4, -0.2) is 50.8 Å². The molecule has 0 radical (unpaired) electrons. The molecule has 0 amide bonds. The molecular formula is C15H25NO4S. The van der Waals surface area contributed by atoms with Crippen LogP contribution < -0.4 is 10.1 Å². The maximum absolute atomic E-state index is 11.1. The SMILES string of the molecule is CCc1cccc(OCC(O)CNC(C)CS(C)(=O)=O)c1. The van der Waals surface area contributed by atoms with E-state index in [4.69, 9.17) is 4.74 Å². The first-order chi connectivity index (χ1) is 9.80. The summed E-state index contributed by atoms with van der Waals surface area (Å²) in [5, 5.41) is 12.8. The second-order valence-corrected chi connectivity index (χ2v) is 7.55. The summed E-state index contributed by atoms with van der Waals surface area (Å²) in [6.45, 7) is 4.32. The molecule has 2 N–H and O–H groups in total. The maximum Gasteiger partial charge on any atom is 0.148 e. The van der Waals surface area contributed by atoms with Crippen molar-refractivity contribution in [1.29, 1.82) is 0 Å². The summed E-state index contributed by atoms with van der Waals surface area (Å²) in [6, 6.07) is 7.56. The smallest absolute Gasteiger partial charge is 0.148 e. The molecule has 0 heterocycles. The van der Waals surface area contributed by atoms with Crippen molar-refractivity contribution in [2.24, 2.45) is 0 Å². The van der Waals surface area contributed by atoms with Gasteiger partial charge < -0.3 is 15.2 Å². The maximum atomic E-state index is 11.1. The van der Waals surface area contributed by atoms with Gasteiger partial charge in [-0.15, -0.1) is 0 Å². The van der Waals surface area contributed by atoms with E-state index < -0.39 is 15.9 Å². The highest BCUT2D eigenvalue weighted by molar-refractivity contribution is 7.90. The van der Waals surface area contributed by atoms with E-state index in [2.05, 4.69) is 12.2 Å². The van der Waals surface area contributed by atoms with E-state index >= 15 is 0 Å². The third-order valence-electron chi connectivity index (χ3n) is 3.00. The van der Waals surface area contributed by atoms with Crippen LogP contribution in [0.2, 0.25) is 0 Å². The summed E-state index contributed by atoms with van der Waals surface area (Å²) in [5.41, 5.74) is 1.18. The number of aryl methyl sites for hydroxylation is 1. The van der Waals surface area contributed by atoms with Gasteiger partial charge in [-0.05, 0) is 31.0 Å². The summed E-state index contributed by atoms with van der Waals surface area (Å²) >= 11 is 0. The van der Waals surface area contributed by atoms with E-state index in [1.807, 2.05) is 24.3 Å². The summed E-state index contributed by atoms with van der Waals surface area (Å²) in [5.74, 6) is 0.789. The lowest BCUT2D eigenvalue weighted by Gasteiger charge is -2.17. The van der Waals surface area contributed by atoms with E-state index in [0.717, 1.165) is 12.2 Å². The van der Waals surface area contributed by atoms with E-state index in [9.17, 15) is 13.5 Å². The van der Waals surface area contributed by atoms with Crippen molar-refractivity contribution in [2.75, 3.05) is 25.2 Å². The van der Waals surface area contributed by atoms with Gasteiger partial charge in [-0.1, -0.05) is 19.1 Å². The molecule has 2 unspecified atom stereocenters. The predicted molar refractivity (Wildman–Crippen MR) is 84.5 cm³/mol. The Kier molecular flexibility index (Phi) is 7.14. The third-order valence-corrected chi connectivity index (χ3v) is 4.11. The highest BCUT2D eigenvalue weighted by Crippen LogP contribution is 2.13. The molecule has 0 aliphatic carbocycles. The number of rotatable bonds is 9. The van der Waals surface area contributed by atoms with Crippen molar-refractivity contribution < 1.29 is 18.3 Å². The minimum Gasteiger partial charge on any atom is -0.491 e. The van der Waals surface area contributed by atoms with Gasteiger partial charge in [-0.3, -0.25) is 0 Å². The summed E-state index contributed by atoms with van der Waals surface area (Å²) in [7, 11) is -3.01. The molecule has 0 aliphatic rings. The van der Waals surface area contributed by atoms with Crippen LogP contribution in [0.25, 0.3) is 0 Å². The van der Waals surface area contributed by atoms with E-state index in [0.29, 0.717) is 6.54 Å². The highest BCUT2D eigenvalue weighted by Gasteiger charge is 2.12. The lowest BCUT2D eigenvalue weighted by molar-refractivity contribution is 0.104. The monoisotopic (exact) mass is 315 g/mol. The van der Waals surface area contributed by atoms with Gasteiger partial charge in [0.25, 0.3) is 0 Å². The lowest BCUT2D eigenvalue weighted by Crippen LogP contribution is -2.39. The average Bonchev–Trinajstić information content (AvgIpc) is 2.41. The number of hydrogen-bond acceptors (Lipinski definition) is 5. The van der Waals surface area contributed by atoms with Crippen LogP contribution in [0, 0.1) is 0 Å². The van der Waals surface area contributed by atoms with Crippen LogP contribution in [0.4, 0.5) is 0 Å². The zero-order valence-electron chi connectivity index (χ0n) is 12.9. The lowest BCUT2D eigenvalue weighted by atomic mass is 10.2. The summed E-state index contributed by atoms with van der Waals surface area (Å²) in [6.07, 6.45) is 1.45. The van der Waals surface area contributed by atoms with Gasteiger partial charge in [0.15, 0.2) is 0 Å². The van der Waals surface area contributed by atoms with Gasteiger partial charge >= 0.3 is 0 Å². The number of ether oxygens (including phenoxy) is 1. The Bertz CT molecular complexity index is 530. The zero-order valence-corrected chi connectivity index (χ0v) is 13.7. The molecule has 0 spiro atoms. The first kappa shape index (κ1) is 17.9. The molecule has 0 fully saturated rings. The molecule has 1 aromatic rings. The van der Waals surface area contributed by atoms with E-state index in [-0.39, 0.29) is 18.4 Å².